The quantitative estimate of drug-likeness (QED) is 0.869. The second kappa shape index (κ2) is 3.94. The third-order valence-corrected chi connectivity index (χ3v) is 2.29. The molecule has 0 amide bonds. The molecule has 1 heterocycles. The highest BCUT2D eigenvalue weighted by Gasteiger charge is 2.16. The molecule has 0 radical (unpaired) electrons. The van der Waals surface area contributed by atoms with Crippen molar-refractivity contribution in [2.45, 2.75) is 6.92 Å². The minimum atomic E-state index is -1.24. The second-order valence-corrected chi connectivity index (χ2v) is 3.62. The minimum absolute atomic E-state index is 0.0994. The van der Waals surface area contributed by atoms with E-state index in [0.717, 1.165) is 5.56 Å². The molecule has 1 N–H and O–H groups in total. The van der Waals surface area contributed by atoms with Crippen molar-refractivity contribution < 1.29 is 14.4 Å². The van der Waals surface area contributed by atoms with E-state index in [-0.39, 0.29) is 11.7 Å². The van der Waals surface area contributed by atoms with E-state index in [1.807, 2.05) is 13.0 Å². The number of hydrogen-bond acceptors (Lipinski definition) is 4. The summed E-state index contributed by atoms with van der Waals surface area (Å²) in [6.45, 7) is 1.89. The highest BCUT2D eigenvalue weighted by atomic mass is 35.5. The predicted octanol–water partition coefficient (Wildman–Crippen LogP) is 2.40. The van der Waals surface area contributed by atoms with Gasteiger partial charge in [0.1, 0.15) is 0 Å². The number of aryl methyl sites for hydroxylation is 1. The number of carboxylic acid groups (broad SMARTS) is 1. The van der Waals surface area contributed by atoms with Gasteiger partial charge in [-0.05, 0) is 29.8 Å². The number of halogens is 1. The number of benzene rings is 1. The molecule has 0 spiro atoms. The lowest BCUT2D eigenvalue weighted by molar-refractivity contribution is 0.0680. The van der Waals surface area contributed by atoms with Gasteiger partial charge < -0.3 is 9.63 Å². The number of carbonyl (C=O) groups is 1. The Kier molecular flexibility index (Phi) is 2.62. The van der Waals surface area contributed by atoms with E-state index in [1.54, 1.807) is 12.1 Å². The van der Waals surface area contributed by atoms with Gasteiger partial charge in [0.05, 0.1) is 10.6 Å². The van der Waals surface area contributed by atoms with E-state index >= 15 is 0 Å². The number of aromatic carboxylic acids is 1. The molecule has 0 fully saturated rings. The molecule has 6 heteroatoms. The van der Waals surface area contributed by atoms with Gasteiger partial charge in [-0.25, -0.2) is 4.79 Å². The first kappa shape index (κ1) is 10.6. The summed E-state index contributed by atoms with van der Waals surface area (Å²) in [4.78, 5) is 14.3. The summed E-state index contributed by atoms with van der Waals surface area (Å²) in [5.74, 6) is -1.52. The summed E-state index contributed by atoms with van der Waals surface area (Å²) >= 11 is 5.98. The number of nitrogens with zero attached hydrogens (tertiary/aromatic N) is 2. The third-order valence-electron chi connectivity index (χ3n) is 1.97. The van der Waals surface area contributed by atoms with Crippen LogP contribution in [-0.4, -0.2) is 21.2 Å². The number of carboxylic acids is 1. The molecule has 2 aromatic rings. The second-order valence-electron chi connectivity index (χ2n) is 3.21. The molecule has 0 atom stereocenters. The summed E-state index contributed by atoms with van der Waals surface area (Å²) in [5, 5.41) is 12.4. The molecule has 0 saturated heterocycles. The predicted molar refractivity (Wildman–Crippen MR) is 56.4 cm³/mol. The summed E-state index contributed by atoms with van der Waals surface area (Å²) in [6, 6.07) is 5.27. The molecule has 0 bridgehead atoms. The molecule has 0 unspecified atom stereocenters. The van der Waals surface area contributed by atoms with E-state index in [0.29, 0.717) is 10.6 Å². The van der Waals surface area contributed by atoms with Gasteiger partial charge in [0.15, 0.2) is 0 Å². The first-order valence-electron chi connectivity index (χ1n) is 4.41. The van der Waals surface area contributed by atoms with Crippen LogP contribution in [0.15, 0.2) is 22.7 Å². The Balaban J connectivity index is 2.46. The zero-order valence-corrected chi connectivity index (χ0v) is 9.02. The third kappa shape index (κ3) is 1.90. The molecule has 0 aliphatic carbocycles. The lowest BCUT2D eigenvalue weighted by Crippen LogP contribution is -1.98. The minimum Gasteiger partial charge on any atom is -0.475 e. The lowest BCUT2D eigenvalue weighted by Gasteiger charge is -1.99. The molecule has 0 aliphatic heterocycles. The van der Waals surface area contributed by atoms with Crippen LogP contribution in [0.1, 0.15) is 16.2 Å². The summed E-state index contributed by atoms with van der Waals surface area (Å²) in [5.41, 5.74) is 1.51. The van der Waals surface area contributed by atoms with Gasteiger partial charge in [-0.3, -0.25) is 0 Å². The highest BCUT2D eigenvalue weighted by Crippen LogP contribution is 2.27. The van der Waals surface area contributed by atoms with Gasteiger partial charge in [-0.2, -0.15) is 4.98 Å². The standard InChI is InChI=1S/C10H7ClN2O3/c1-5-2-3-6(7(11)4-5)9-12-8(10(14)15)13-16-9/h2-4H,1H3,(H,14,15). The Bertz CT molecular complexity index is 551. The van der Waals surface area contributed by atoms with Gasteiger partial charge in [0.25, 0.3) is 11.7 Å². The molecule has 16 heavy (non-hydrogen) atoms. The normalized spacial score (nSPS) is 10.4. The van der Waals surface area contributed by atoms with Crippen molar-refractivity contribution in [1.82, 2.24) is 10.1 Å². The van der Waals surface area contributed by atoms with Gasteiger partial charge in [0, 0.05) is 0 Å². The average molecular weight is 239 g/mol. The fraction of sp³-hybridized carbons (Fsp3) is 0.100. The van der Waals surface area contributed by atoms with Gasteiger partial charge in [0.2, 0.25) is 0 Å². The largest absolute Gasteiger partial charge is 0.475 e. The van der Waals surface area contributed by atoms with Crippen LogP contribution in [0.3, 0.4) is 0 Å². The molecule has 5 nitrogen and oxygen atoms in total. The van der Waals surface area contributed by atoms with Crippen molar-refractivity contribution in [1.29, 1.82) is 0 Å². The molecule has 1 aromatic heterocycles. The zero-order valence-electron chi connectivity index (χ0n) is 8.27. The zero-order chi connectivity index (χ0) is 11.7. The average Bonchev–Trinajstić information content (AvgIpc) is 2.66. The summed E-state index contributed by atoms with van der Waals surface area (Å²) in [7, 11) is 0. The molecular formula is C10H7ClN2O3. The maximum Gasteiger partial charge on any atom is 0.377 e. The van der Waals surface area contributed by atoms with E-state index in [1.165, 1.54) is 0 Å². The Labute approximate surface area is 95.7 Å². The Hall–Kier alpha value is -1.88. The number of rotatable bonds is 2. The van der Waals surface area contributed by atoms with Crippen molar-refractivity contribution in [3.63, 3.8) is 0 Å². The molecular weight excluding hydrogens is 232 g/mol. The van der Waals surface area contributed by atoms with Crippen molar-refractivity contribution >= 4 is 17.6 Å². The van der Waals surface area contributed by atoms with E-state index in [2.05, 4.69) is 10.1 Å². The summed E-state index contributed by atoms with van der Waals surface area (Å²) in [6.07, 6.45) is 0. The van der Waals surface area contributed by atoms with Gasteiger partial charge in [-0.1, -0.05) is 17.7 Å². The molecule has 1 aromatic carbocycles. The Morgan fingerprint density at radius 2 is 2.25 bits per heavy atom. The molecule has 82 valence electrons. The van der Waals surface area contributed by atoms with Crippen LogP contribution in [0.25, 0.3) is 11.5 Å². The van der Waals surface area contributed by atoms with Crippen LogP contribution in [-0.2, 0) is 0 Å². The van der Waals surface area contributed by atoms with E-state index < -0.39 is 5.97 Å². The first-order chi connectivity index (χ1) is 7.58. The Morgan fingerprint density at radius 3 is 2.81 bits per heavy atom. The maximum absolute atomic E-state index is 10.6. The van der Waals surface area contributed by atoms with Crippen molar-refractivity contribution in [2.75, 3.05) is 0 Å². The Morgan fingerprint density at radius 1 is 1.50 bits per heavy atom. The maximum atomic E-state index is 10.6. The van der Waals surface area contributed by atoms with Crippen molar-refractivity contribution in [2.24, 2.45) is 0 Å². The van der Waals surface area contributed by atoms with Crippen LogP contribution in [0, 0.1) is 6.92 Å². The fourth-order valence-corrected chi connectivity index (χ4v) is 1.53. The number of hydrogen-bond donors (Lipinski definition) is 1. The van der Waals surface area contributed by atoms with Crippen LogP contribution in [0.4, 0.5) is 0 Å². The van der Waals surface area contributed by atoms with Crippen molar-refractivity contribution in [3.8, 4) is 11.5 Å². The SMILES string of the molecule is Cc1ccc(-c2nc(C(=O)O)no2)c(Cl)c1. The topological polar surface area (TPSA) is 76.2 Å². The first-order valence-corrected chi connectivity index (χ1v) is 4.79. The van der Waals surface area contributed by atoms with Gasteiger partial charge >= 0.3 is 5.97 Å². The number of aromatic nitrogens is 2. The molecule has 0 saturated carbocycles. The van der Waals surface area contributed by atoms with Crippen LogP contribution in [0.2, 0.25) is 5.02 Å². The molecule has 0 aliphatic rings. The highest BCUT2D eigenvalue weighted by molar-refractivity contribution is 6.33. The van der Waals surface area contributed by atoms with Crippen LogP contribution in [0.5, 0.6) is 0 Å². The van der Waals surface area contributed by atoms with E-state index in [4.69, 9.17) is 21.2 Å². The van der Waals surface area contributed by atoms with Crippen molar-refractivity contribution in [3.05, 3.63) is 34.6 Å². The monoisotopic (exact) mass is 238 g/mol. The summed E-state index contributed by atoms with van der Waals surface area (Å²) < 4.78 is 4.81. The van der Waals surface area contributed by atoms with Gasteiger partial charge in [-0.15, -0.1) is 0 Å². The molecule has 2 rings (SSSR count). The smallest absolute Gasteiger partial charge is 0.377 e. The van der Waals surface area contributed by atoms with Crippen LogP contribution >= 0.6 is 11.6 Å². The lowest BCUT2D eigenvalue weighted by atomic mass is 10.1. The fourth-order valence-electron chi connectivity index (χ4n) is 1.21. The van der Waals surface area contributed by atoms with E-state index in [9.17, 15) is 4.79 Å². The van der Waals surface area contributed by atoms with Crippen LogP contribution < -0.4 is 0 Å².